The third-order valence-corrected chi connectivity index (χ3v) is 5.84. The van der Waals surface area contributed by atoms with Gasteiger partial charge in [0.15, 0.2) is 0 Å². The van der Waals surface area contributed by atoms with Gasteiger partial charge in [-0.05, 0) is 56.2 Å². The Hall–Kier alpha value is -1.64. The van der Waals surface area contributed by atoms with Crippen molar-refractivity contribution in [2.45, 2.75) is 40.2 Å². The summed E-state index contributed by atoms with van der Waals surface area (Å²) in [5, 5.41) is 0. The Kier molecular flexibility index (Phi) is 3.84. The van der Waals surface area contributed by atoms with Crippen LogP contribution >= 0.6 is 0 Å². The van der Waals surface area contributed by atoms with Crippen LogP contribution in [0.25, 0.3) is 6.08 Å². The van der Waals surface area contributed by atoms with Crippen molar-refractivity contribution in [3.8, 4) is 0 Å². The van der Waals surface area contributed by atoms with Gasteiger partial charge in [-0.25, -0.2) is 0 Å². The molecule has 0 unspecified atom stereocenters. The van der Waals surface area contributed by atoms with E-state index in [4.69, 9.17) is 4.74 Å². The minimum atomic E-state index is -0.343. The highest BCUT2D eigenvalue weighted by Gasteiger charge is 2.59. The topological polar surface area (TPSA) is 39.2 Å². The molecule has 3 nitrogen and oxygen atoms in total. The number of ether oxygens (including phenoxy) is 1. The molecule has 0 N–H and O–H groups in total. The van der Waals surface area contributed by atoms with Crippen LogP contribution in [0.5, 0.6) is 0 Å². The van der Waals surface area contributed by atoms with Crippen molar-refractivity contribution in [1.82, 2.24) is 4.98 Å². The number of rotatable bonds is 2. The lowest BCUT2D eigenvalue weighted by Gasteiger charge is -2.45. The average Bonchev–Trinajstić information content (AvgIpc) is 2.71. The molecule has 6 atom stereocenters. The van der Waals surface area contributed by atoms with Crippen LogP contribution in [-0.4, -0.2) is 17.1 Å². The molecule has 0 radical (unpaired) electrons. The number of esters is 1. The van der Waals surface area contributed by atoms with Gasteiger partial charge in [-0.2, -0.15) is 0 Å². The lowest BCUT2D eigenvalue weighted by atomic mass is 9.55. The number of carbonyl (C=O) groups excluding carboxylic acids is 1. The van der Waals surface area contributed by atoms with Crippen molar-refractivity contribution >= 4 is 12.0 Å². The molecule has 0 amide bonds. The second kappa shape index (κ2) is 5.53. The highest BCUT2D eigenvalue weighted by atomic mass is 16.6. The van der Waals surface area contributed by atoms with Crippen LogP contribution in [0.4, 0.5) is 0 Å². The lowest BCUT2D eigenvalue weighted by molar-refractivity contribution is -0.149. The largest absolute Gasteiger partial charge is 0.462 e. The first-order valence-corrected chi connectivity index (χ1v) is 8.24. The number of hydrogen-bond donors (Lipinski definition) is 0. The Morgan fingerprint density at radius 2 is 2.09 bits per heavy atom. The number of cyclic esters (lactones) is 1. The number of allylic oxidation sites excluding steroid dienone is 1. The van der Waals surface area contributed by atoms with Gasteiger partial charge in [0, 0.05) is 12.1 Å². The maximum absolute atomic E-state index is 12.4. The second-order valence-corrected chi connectivity index (χ2v) is 7.29. The Morgan fingerprint density at radius 1 is 1.32 bits per heavy atom. The normalized spacial score (nSPS) is 41.5. The van der Waals surface area contributed by atoms with Gasteiger partial charge in [-0.15, -0.1) is 0 Å². The molecule has 3 rings (SSSR count). The fraction of sp³-hybridized carbons (Fsp3) is 0.579. The molecule has 1 saturated heterocycles. The third-order valence-electron chi connectivity index (χ3n) is 5.84. The lowest BCUT2D eigenvalue weighted by Crippen LogP contribution is -2.46. The summed E-state index contributed by atoms with van der Waals surface area (Å²) in [4.78, 5) is 16.7. The quantitative estimate of drug-likeness (QED) is 0.776. The van der Waals surface area contributed by atoms with Crippen LogP contribution in [0.2, 0.25) is 0 Å². The third kappa shape index (κ3) is 2.37. The highest BCUT2D eigenvalue weighted by molar-refractivity contribution is 5.79. The Balaban J connectivity index is 1.93. The maximum atomic E-state index is 12.4. The Bertz CT molecular complexity index is 582. The fourth-order valence-electron chi connectivity index (χ4n) is 4.53. The zero-order chi connectivity index (χ0) is 15.9. The van der Waals surface area contributed by atoms with E-state index in [0.29, 0.717) is 17.8 Å². The smallest absolute Gasteiger partial charge is 0.312 e. The molecule has 1 aliphatic heterocycles. The van der Waals surface area contributed by atoms with Crippen molar-refractivity contribution < 1.29 is 9.53 Å². The van der Waals surface area contributed by atoms with E-state index in [1.807, 2.05) is 31.3 Å². The molecule has 1 saturated carbocycles. The van der Waals surface area contributed by atoms with E-state index in [0.717, 1.165) is 12.1 Å². The summed E-state index contributed by atoms with van der Waals surface area (Å²) < 4.78 is 5.60. The zero-order valence-electron chi connectivity index (χ0n) is 13.8. The van der Waals surface area contributed by atoms with Crippen LogP contribution in [-0.2, 0) is 9.53 Å². The van der Waals surface area contributed by atoms with Crippen LogP contribution in [0.1, 0.15) is 39.8 Å². The van der Waals surface area contributed by atoms with Crippen molar-refractivity contribution in [3.05, 3.63) is 36.2 Å². The summed E-state index contributed by atoms with van der Waals surface area (Å²) in [5.74, 6) is 1.64. The second-order valence-electron chi connectivity index (χ2n) is 7.29. The Morgan fingerprint density at radius 3 is 2.77 bits per heavy atom. The van der Waals surface area contributed by atoms with Crippen LogP contribution < -0.4 is 0 Å². The number of aromatic nitrogens is 1. The van der Waals surface area contributed by atoms with Crippen molar-refractivity contribution in [2.24, 2.45) is 29.1 Å². The molecular weight excluding hydrogens is 274 g/mol. The zero-order valence-corrected chi connectivity index (χ0v) is 13.8. The first kappa shape index (κ1) is 15.3. The average molecular weight is 299 g/mol. The Labute approximate surface area is 132 Å². The van der Waals surface area contributed by atoms with E-state index >= 15 is 0 Å². The molecule has 1 aliphatic carbocycles. The standard InChI is InChI=1S/C19H25NO2/c1-12-11-19(4)17(14(3)22-18(19)21)16(13(12)2)9-8-15-7-5-6-10-20-15/h5-10,12-14,16-17H,11H2,1-4H3/b9-8+/t12-,13+,14+,16-,17-,19+/m0/s1. The van der Waals surface area contributed by atoms with E-state index in [9.17, 15) is 4.79 Å². The number of nitrogens with zero attached hydrogens (tertiary/aromatic N) is 1. The summed E-state index contributed by atoms with van der Waals surface area (Å²) >= 11 is 0. The van der Waals surface area contributed by atoms with Gasteiger partial charge in [-0.1, -0.05) is 26.0 Å². The van der Waals surface area contributed by atoms with E-state index in [1.54, 1.807) is 0 Å². The number of pyridine rings is 1. The number of carbonyl (C=O) groups is 1. The molecule has 2 aliphatic rings. The van der Waals surface area contributed by atoms with Crippen molar-refractivity contribution in [1.29, 1.82) is 0 Å². The summed E-state index contributed by atoms with van der Waals surface area (Å²) in [5.41, 5.74) is 0.623. The van der Waals surface area contributed by atoms with Gasteiger partial charge in [0.25, 0.3) is 0 Å². The molecule has 3 heteroatoms. The molecule has 22 heavy (non-hydrogen) atoms. The van der Waals surface area contributed by atoms with Gasteiger partial charge < -0.3 is 4.74 Å². The van der Waals surface area contributed by atoms with Crippen molar-refractivity contribution in [2.75, 3.05) is 0 Å². The molecule has 1 aromatic heterocycles. The van der Waals surface area contributed by atoms with E-state index in [1.165, 1.54) is 0 Å². The first-order chi connectivity index (χ1) is 10.4. The summed E-state index contributed by atoms with van der Waals surface area (Å²) in [6.07, 6.45) is 7.07. The van der Waals surface area contributed by atoms with E-state index in [2.05, 4.69) is 37.9 Å². The first-order valence-electron chi connectivity index (χ1n) is 8.24. The van der Waals surface area contributed by atoms with E-state index in [-0.39, 0.29) is 23.4 Å². The summed E-state index contributed by atoms with van der Waals surface area (Å²) in [6.45, 7) is 8.68. The molecule has 1 aromatic rings. The summed E-state index contributed by atoms with van der Waals surface area (Å²) in [7, 11) is 0. The van der Waals surface area contributed by atoms with Gasteiger partial charge in [0.2, 0.25) is 0 Å². The molecule has 0 bridgehead atoms. The van der Waals surface area contributed by atoms with Crippen LogP contribution in [0, 0.1) is 29.1 Å². The van der Waals surface area contributed by atoms with Crippen LogP contribution in [0.3, 0.4) is 0 Å². The van der Waals surface area contributed by atoms with E-state index < -0.39 is 0 Å². The van der Waals surface area contributed by atoms with Gasteiger partial charge in [-0.3, -0.25) is 9.78 Å². The fourth-order valence-corrected chi connectivity index (χ4v) is 4.53. The molecule has 0 spiro atoms. The molecular formula is C19H25NO2. The minimum Gasteiger partial charge on any atom is -0.462 e. The molecule has 2 fully saturated rings. The highest BCUT2D eigenvalue weighted by Crippen LogP contribution is 2.56. The summed E-state index contributed by atoms with van der Waals surface area (Å²) in [6, 6.07) is 5.92. The predicted molar refractivity (Wildman–Crippen MR) is 86.9 cm³/mol. The predicted octanol–water partition coefficient (Wildman–Crippen LogP) is 3.95. The molecule has 2 heterocycles. The number of hydrogen-bond acceptors (Lipinski definition) is 3. The van der Waals surface area contributed by atoms with Crippen LogP contribution in [0.15, 0.2) is 30.5 Å². The van der Waals surface area contributed by atoms with Gasteiger partial charge in [0.05, 0.1) is 11.1 Å². The monoisotopic (exact) mass is 299 g/mol. The SMILES string of the molecule is C[C@H]1[C@H](/C=C/c2ccccn2)[C@@H]2[C@@H](C)OC(=O)[C@]2(C)C[C@@H]1C. The molecule has 118 valence electrons. The van der Waals surface area contributed by atoms with Crippen molar-refractivity contribution in [3.63, 3.8) is 0 Å². The minimum absolute atomic E-state index is 0.00849. The molecule has 0 aromatic carbocycles. The van der Waals surface area contributed by atoms with Gasteiger partial charge >= 0.3 is 5.97 Å². The maximum Gasteiger partial charge on any atom is 0.312 e. The number of fused-ring (bicyclic) bond motifs is 1. The van der Waals surface area contributed by atoms with Gasteiger partial charge in [0.1, 0.15) is 6.10 Å².